The first-order valence-electron chi connectivity index (χ1n) is 11.9. The normalized spacial score (nSPS) is 20.4. The molecule has 0 bridgehead atoms. The summed E-state index contributed by atoms with van der Waals surface area (Å²) in [5.41, 5.74) is 5.59. The summed E-state index contributed by atoms with van der Waals surface area (Å²) in [5.74, 6) is -0.392. The molecule has 1 heterocycles. The van der Waals surface area contributed by atoms with Crippen LogP contribution in [0, 0.1) is 5.92 Å². The highest BCUT2D eigenvalue weighted by molar-refractivity contribution is 7.10. The molecule has 5 rings (SSSR count). The lowest BCUT2D eigenvalue weighted by molar-refractivity contribution is -0.142. The van der Waals surface area contributed by atoms with Crippen LogP contribution in [0.2, 0.25) is 0 Å². The maximum Gasteiger partial charge on any atom is 0.306 e. The molecule has 4 nitrogen and oxygen atoms in total. The summed E-state index contributed by atoms with van der Waals surface area (Å²) in [6.45, 7) is 0. The Hall–Kier alpha value is -2.92. The minimum atomic E-state index is -0.716. The first-order valence-corrected chi connectivity index (χ1v) is 12.7. The van der Waals surface area contributed by atoms with Crippen LogP contribution in [-0.4, -0.2) is 23.0 Å². The monoisotopic (exact) mass is 459 g/mol. The first-order chi connectivity index (χ1) is 16.1. The Kier molecular flexibility index (Phi) is 6.32. The van der Waals surface area contributed by atoms with Gasteiger partial charge in [0.1, 0.15) is 0 Å². The van der Waals surface area contributed by atoms with E-state index in [1.54, 1.807) is 11.3 Å². The molecule has 1 aromatic heterocycles. The van der Waals surface area contributed by atoms with Crippen molar-refractivity contribution < 1.29 is 14.7 Å². The second kappa shape index (κ2) is 9.52. The zero-order chi connectivity index (χ0) is 22.8. The highest BCUT2D eigenvalue weighted by atomic mass is 32.1. The molecule has 0 atom stereocenters. The second-order valence-corrected chi connectivity index (χ2v) is 10.3. The summed E-state index contributed by atoms with van der Waals surface area (Å²) < 4.78 is 0. The molecular formula is C28H29NO3S. The zero-order valence-corrected chi connectivity index (χ0v) is 19.4. The van der Waals surface area contributed by atoms with Crippen LogP contribution in [0.15, 0.2) is 60.0 Å². The Bertz CT molecular complexity index is 1120. The zero-order valence-electron chi connectivity index (χ0n) is 18.6. The molecular weight excluding hydrogens is 430 g/mol. The van der Waals surface area contributed by atoms with Gasteiger partial charge in [-0.05, 0) is 73.1 Å². The molecule has 33 heavy (non-hydrogen) atoms. The van der Waals surface area contributed by atoms with Crippen LogP contribution in [0.1, 0.15) is 70.8 Å². The summed E-state index contributed by atoms with van der Waals surface area (Å²) in [6.07, 6.45) is 5.92. The van der Waals surface area contributed by atoms with Crippen molar-refractivity contribution in [3.05, 3.63) is 81.5 Å². The van der Waals surface area contributed by atoms with E-state index < -0.39 is 5.97 Å². The lowest BCUT2D eigenvalue weighted by atomic mass is 9.86. The smallest absolute Gasteiger partial charge is 0.306 e. The fourth-order valence-electron chi connectivity index (χ4n) is 4.86. The van der Waals surface area contributed by atoms with Gasteiger partial charge in [-0.25, -0.2) is 0 Å². The van der Waals surface area contributed by atoms with E-state index >= 15 is 0 Å². The molecule has 0 aliphatic heterocycles. The Morgan fingerprint density at radius 2 is 1.55 bits per heavy atom. The van der Waals surface area contributed by atoms with E-state index in [0.29, 0.717) is 18.8 Å². The third-order valence-corrected chi connectivity index (χ3v) is 8.16. The minimum absolute atomic E-state index is 0.00664. The molecule has 0 saturated heterocycles. The summed E-state index contributed by atoms with van der Waals surface area (Å²) >= 11 is 1.72. The fraction of sp³-hybridized carbons (Fsp3) is 0.357. The molecule has 2 N–H and O–H groups in total. The van der Waals surface area contributed by atoms with Gasteiger partial charge in [-0.2, -0.15) is 0 Å². The van der Waals surface area contributed by atoms with Gasteiger partial charge < -0.3 is 10.4 Å². The van der Waals surface area contributed by atoms with Gasteiger partial charge in [0.2, 0.25) is 0 Å². The van der Waals surface area contributed by atoms with Gasteiger partial charge in [0.15, 0.2) is 0 Å². The van der Waals surface area contributed by atoms with E-state index in [0.717, 1.165) is 24.8 Å². The lowest BCUT2D eigenvalue weighted by Gasteiger charge is -2.26. The topological polar surface area (TPSA) is 66.4 Å². The number of nitrogens with one attached hydrogen (secondary N) is 1. The van der Waals surface area contributed by atoms with Gasteiger partial charge in [-0.1, -0.05) is 54.6 Å². The van der Waals surface area contributed by atoms with Crippen molar-refractivity contribution in [3.63, 3.8) is 0 Å². The highest BCUT2D eigenvalue weighted by Crippen LogP contribution is 2.46. The minimum Gasteiger partial charge on any atom is -0.481 e. The maximum atomic E-state index is 13.2. The molecule has 170 valence electrons. The van der Waals surface area contributed by atoms with Gasteiger partial charge >= 0.3 is 5.97 Å². The molecule has 2 aliphatic carbocycles. The predicted molar refractivity (Wildman–Crippen MR) is 132 cm³/mol. The molecule has 2 aliphatic rings. The fourth-order valence-corrected chi connectivity index (χ4v) is 6.10. The van der Waals surface area contributed by atoms with Crippen LogP contribution in [0.4, 0.5) is 0 Å². The average Bonchev–Trinajstić information content (AvgIpc) is 3.60. The number of amides is 1. The molecule has 0 unspecified atom stereocenters. The van der Waals surface area contributed by atoms with Crippen molar-refractivity contribution in [1.82, 2.24) is 5.32 Å². The number of aliphatic carboxylic acids is 1. The summed E-state index contributed by atoms with van der Waals surface area (Å²) in [5, 5.41) is 14.4. The molecule has 2 fully saturated rings. The van der Waals surface area contributed by atoms with Crippen LogP contribution in [0.5, 0.6) is 0 Å². The first kappa shape index (κ1) is 21.9. The van der Waals surface area contributed by atoms with Crippen LogP contribution < -0.4 is 5.32 Å². The van der Waals surface area contributed by atoms with Crippen molar-refractivity contribution in [2.45, 2.75) is 56.9 Å². The van der Waals surface area contributed by atoms with Crippen LogP contribution >= 0.6 is 11.3 Å². The van der Waals surface area contributed by atoms with E-state index in [-0.39, 0.29) is 17.9 Å². The molecule has 3 aromatic rings. The Labute approximate surface area is 198 Å². The Balaban J connectivity index is 1.31. The lowest BCUT2D eigenvalue weighted by Crippen LogP contribution is -2.38. The number of thiophene rings is 1. The number of carbonyl (C=O) groups excluding carboxylic acids is 1. The Morgan fingerprint density at radius 1 is 0.879 bits per heavy atom. The number of hydrogen-bond acceptors (Lipinski definition) is 3. The highest BCUT2D eigenvalue weighted by Gasteiger charge is 2.32. The quantitative estimate of drug-likeness (QED) is 0.438. The molecule has 0 spiro atoms. The van der Waals surface area contributed by atoms with Crippen LogP contribution in [-0.2, 0) is 11.2 Å². The molecule has 2 saturated carbocycles. The van der Waals surface area contributed by atoms with E-state index in [2.05, 4.69) is 53.8 Å². The largest absolute Gasteiger partial charge is 0.481 e. The van der Waals surface area contributed by atoms with Gasteiger partial charge in [-0.15, -0.1) is 11.3 Å². The van der Waals surface area contributed by atoms with Crippen LogP contribution in [0.3, 0.4) is 0 Å². The van der Waals surface area contributed by atoms with E-state index in [9.17, 15) is 14.7 Å². The number of carboxylic acids is 1. The Morgan fingerprint density at radius 3 is 2.18 bits per heavy atom. The van der Waals surface area contributed by atoms with Gasteiger partial charge in [0.25, 0.3) is 5.91 Å². The van der Waals surface area contributed by atoms with Crippen molar-refractivity contribution >= 4 is 23.2 Å². The summed E-state index contributed by atoms with van der Waals surface area (Å²) in [4.78, 5) is 25.8. The maximum absolute atomic E-state index is 13.2. The van der Waals surface area contributed by atoms with E-state index in [4.69, 9.17) is 0 Å². The second-order valence-electron chi connectivity index (χ2n) is 9.37. The molecule has 2 aromatic carbocycles. The number of hydrogen-bond donors (Lipinski definition) is 2. The van der Waals surface area contributed by atoms with Gasteiger partial charge in [-0.3, -0.25) is 9.59 Å². The third kappa shape index (κ3) is 5.03. The van der Waals surface area contributed by atoms with Crippen molar-refractivity contribution in [2.24, 2.45) is 5.92 Å². The molecule has 5 heteroatoms. The number of benzene rings is 2. The van der Waals surface area contributed by atoms with Crippen molar-refractivity contribution in [1.29, 1.82) is 0 Å². The summed E-state index contributed by atoms with van der Waals surface area (Å²) in [6, 6.07) is 19.1. The van der Waals surface area contributed by atoms with Crippen molar-refractivity contribution in [3.8, 4) is 11.1 Å². The standard InChI is InChI=1S/C28H29NO3S/c30-27(29-23-14-12-22(13-15-23)28(31)32)25-17-33-26(21-10-11-21)24(25)16-18-6-8-20(9-7-18)19-4-2-1-3-5-19/h1-9,17,21-23H,10-16H2,(H,29,30)(H,31,32). The number of carboxylic acid groups (broad SMARTS) is 1. The summed E-state index contributed by atoms with van der Waals surface area (Å²) in [7, 11) is 0. The average molecular weight is 460 g/mol. The number of carbonyl (C=O) groups is 2. The number of rotatable bonds is 7. The molecule has 0 radical (unpaired) electrons. The molecule has 1 amide bonds. The van der Waals surface area contributed by atoms with Gasteiger partial charge in [0.05, 0.1) is 11.5 Å². The van der Waals surface area contributed by atoms with Crippen molar-refractivity contribution in [2.75, 3.05) is 0 Å². The van der Waals surface area contributed by atoms with Gasteiger partial charge in [0, 0.05) is 16.3 Å². The SMILES string of the molecule is O=C(NC1CCC(C(=O)O)CC1)c1csc(C2CC2)c1Cc1ccc(-c2ccccc2)cc1. The van der Waals surface area contributed by atoms with E-state index in [1.165, 1.54) is 40.0 Å². The van der Waals surface area contributed by atoms with Crippen LogP contribution in [0.25, 0.3) is 11.1 Å². The third-order valence-electron chi connectivity index (χ3n) is 6.97. The van der Waals surface area contributed by atoms with E-state index in [1.807, 2.05) is 11.4 Å². The predicted octanol–water partition coefficient (Wildman–Crippen LogP) is 6.26.